The highest BCUT2D eigenvalue weighted by Gasteiger charge is 2.24. The minimum atomic E-state index is -2.39. The van der Waals surface area contributed by atoms with Crippen LogP contribution in [-0.4, -0.2) is 36.9 Å². The molecule has 0 heterocycles. The van der Waals surface area contributed by atoms with Gasteiger partial charge in [-0.05, 0) is 14.0 Å². The molecule has 0 aliphatic heterocycles. The normalized spacial score (nSPS) is 15.7. The summed E-state index contributed by atoms with van der Waals surface area (Å²) in [4.78, 5) is 12.5. The Labute approximate surface area is 82.4 Å². The molecule has 4 nitrogen and oxygen atoms in total. The number of alkyl halides is 2. The molecule has 0 spiro atoms. The van der Waals surface area contributed by atoms with E-state index in [-0.39, 0.29) is 18.5 Å². The van der Waals surface area contributed by atoms with E-state index < -0.39 is 12.3 Å². The Morgan fingerprint density at radius 2 is 2.00 bits per heavy atom. The lowest BCUT2D eigenvalue weighted by Gasteiger charge is -2.28. The van der Waals surface area contributed by atoms with Gasteiger partial charge in [-0.15, -0.1) is 0 Å². The fraction of sp³-hybridized carbons (Fsp3) is 0.875. The lowest BCUT2D eigenvalue weighted by Crippen LogP contribution is -2.45. The first kappa shape index (κ1) is 13.2. The van der Waals surface area contributed by atoms with Crippen molar-refractivity contribution in [3.8, 4) is 0 Å². The molecule has 0 saturated heterocycles. The average molecular weight is 209 g/mol. The van der Waals surface area contributed by atoms with E-state index in [1.54, 1.807) is 20.9 Å². The van der Waals surface area contributed by atoms with E-state index in [4.69, 9.17) is 5.84 Å². The van der Waals surface area contributed by atoms with Gasteiger partial charge in [0.15, 0.2) is 0 Å². The van der Waals surface area contributed by atoms with Crippen molar-refractivity contribution >= 4 is 5.91 Å². The van der Waals surface area contributed by atoms with Gasteiger partial charge in [-0.3, -0.25) is 15.1 Å². The molecule has 0 saturated carbocycles. The standard InChI is InChI=1S/C8H17F2N3O/c1-5(8(14)12-11)6(2)13(3)4-7(9)10/h5-7H,4,11H2,1-3H3,(H,12,14). The van der Waals surface area contributed by atoms with Crippen molar-refractivity contribution in [2.24, 2.45) is 11.8 Å². The molecule has 1 amide bonds. The molecular formula is C8H17F2N3O. The van der Waals surface area contributed by atoms with Crippen molar-refractivity contribution in [3.05, 3.63) is 0 Å². The summed E-state index contributed by atoms with van der Waals surface area (Å²) in [7, 11) is 1.55. The summed E-state index contributed by atoms with van der Waals surface area (Å²) in [6, 6.07) is -0.271. The Bertz CT molecular complexity index is 189. The zero-order valence-corrected chi connectivity index (χ0v) is 8.63. The number of amides is 1. The fourth-order valence-corrected chi connectivity index (χ4v) is 1.12. The Morgan fingerprint density at radius 1 is 1.50 bits per heavy atom. The number of hydrogen-bond acceptors (Lipinski definition) is 3. The van der Waals surface area contributed by atoms with Crippen LogP contribution in [0.15, 0.2) is 0 Å². The second-order valence-corrected chi connectivity index (χ2v) is 3.37. The van der Waals surface area contributed by atoms with E-state index in [9.17, 15) is 13.6 Å². The van der Waals surface area contributed by atoms with Crippen LogP contribution in [0.1, 0.15) is 13.8 Å². The summed E-state index contributed by atoms with van der Waals surface area (Å²) in [5.74, 6) is 4.18. The van der Waals surface area contributed by atoms with Gasteiger partial charge < -0.3 is 0 Å². The van der Waals surface area contributed by atoms with Crippen LogP contribution in [-0.2, 0) is 4.79 Å². The molecule has 0 aromatic rings. The number of hydrazine groups is 1. The SMILES string of the molecule is CC(C(=O)NN)C(C)N(C)CC(F)F. The number of hydrogen-bond donors (Lipinski definition) is 2. The quantitative estimate of drug-likeness (QED) is 0.386. The van der Waals surface area contributed by atoms with E-state index in [1.165, 1.54) is 4.90 Å². The van der Waals surface area contributed by atoms with Gasteiger partial charge in [0, 0.05) is 6.04 Å². The van der Waals surface area contributed by atoms with Crippen LogP contribution in [0.3, 0.4) is 0 Å². The second kappa shape index (κ2) is 5.87. The molecule has 3 N–H and O–H groups in total. The molecule has 0 rings (SSSR count). The minimum absolute atomic E-state index is 0.271. The van der Waals surface area contributed by atoms with E-state index in [1.807, 2.05) is 5.43 Å². The predicted octanol–water partition coefficient (Wildman–Crippen LogP) is 0.198. The maximum Gasteiger partial charge on any atom is 0.251 e. The van der Waals surface area contributed by atoms with Crippen LogP contribution in [0.4, 0.5) is 8.78 Å². The van der Waals surface area contributed by atoms with Crippen molar-refractivity contribution in [1.82, 2.24) is 10.3 Å². The molecule has 6 heteroatoms. The monoisotopic (exact) mass is 209 g/mol. The summed E-state index contributed by atoms with van der Waals surface area (Å²) in [5.41, 5.74) is 2.00. The maximum atomic E-state index is 12.0. The summed E-state index contributed by atoms with van der Waals surface area (Å²) < 4.78 is 24.1. The van der Waals surface area contributed by atoms with Crippen molar-refractivity contribution in [2.75, 3.05) is 13.6 Å². The number of nitrogens with one attached hydrogen (secondary N) is 1. The van der Waals surface area contributed by atoms with Gasteiger partial charge in [0.2, 0.25) is 5.91 Å². The van der Waals surface area contributed by atoms with E-state index in [0.29, 0.717) is 0 Å². The van der Waals surface area contributed by atoms with Gasteiger partial charge >= 0.3 is 0 Å². The number of carbonyl (C=O) groups is 1. The van der Waals surface area contributed by atoms with Gasteiger partial charge in [-0.1, -0.05) is 6.92 Å². The molecule has 0 aliphatic rings. The first-order chi connectivity index (χ1) is 6.40. The van der Waals surface area contributed by atoms with Gasteiger partial charge in [-0.25, -0.2) is 14.6 Å². The molecule has 0 fully saturated rings. The van der Waals surface area contributed by atoms with Crippen LogP contribution in [0.25, 0.3) is 0 Å². The minimum Gasteiger partial charge on any atom is -0.297 e. The third-order valence-corrected chi connectivity index (χ3v) is 2.40. The Balaban J connectivity index is 4.16. The van der Waals surface area contributed by atoms with E-state index in [0.717, 1.165) is 0 Å². The van der Waals surface area contributed by atoms with Crippen LogP contribution in [0.2, 0.25) is 0 Å². The van der Waals surface area contributed by atoms with Crippen molar-refractivity contribution in [3.63, 3.8) is 0 Å². The molecule has 84 valence electrons. The summed E-state index contributed by atoms with van der Waals surface area (Å²) >= 11 is 0. The molecule has 0 aliphatic carbocycles. The highest BCUT2D eigenvalue weighted by molar-refractivity contribution is 5.78. The first-order valence-electron chi connectivity index (χ1n) is 4.39. The molecule has 14 heavy (non-hydrogen) atoms. The Hall–Kier alpha value is -0.750. The van der Waals surface area contributed by atoms with Crippen molar-refractivity contribution < 1.29 is 13.6 Å². The lowest BCUT2D eigenvalue weighted by atomic mass is 10.0. The lowest BCUT2D eigenvalue weighted by molar-refractivity contribution is -0.126. The van der Waals surface area contributed by atoms with Crippen LogP contribution in [0, 0.1) is 5.92 Å². The second-order valence-electron chi connectivity index (χ2n) is 3.37. The smallest absolute Gasteiger partial charge is 0.251 e. The summed E-state index contributed by atoms with van der Waals surface area (Å²) in [5, 5.41) is 0. The van der Waals surface area contributed by atoms with Crippen molar-refractivity contribution in [1.29, 1.82) is 0 Å². The zero-order chi connectivity index (χ0) is 11.3. The van der Waals surface area contributed by atoms with E-state index in [2.05, 4.69) is 0 Å². The summed E-state index contributed by atoms with van der Waals surface area (Å²) in [6.45, 7) is 3.01. The molecule has 2 atom stereocenters. The molecule has 0 aromatic carbocycles. The average Bonchev–Trinajstić information content (AvgIpc) is 2.13. The molecule has 0 bridgehead atoms. The maximum absolute atomic E-state index is 12.0. The van der Waals surface area contributed by atoms with Crippen LogP contribution in [0.5, 0.6) is 0 Å². The third kappa shape index (κ3) is 3.97. The van der Waals surface area contributed by atoms with Gasteiger partial charge in [0.25, 0.3) is 6.43 Å². The molecular weight excluding hydrogens is 192 g/mol. The van der Waals surface area contributed by atoms with Gasteiger partial charge in [0.1, 0.15) is 0 Å². The molecule has 0 radical (unpaired) electrons. The highest BCUT2D eigenvalue weighted by atomic mass is 19.3. The summed E-state index contributed by atoms with van der Waals surface area (Å²) in [6.07, 6.45) is -2.39. The number of nitrogens with zero attached hydrogens (tertiary/aromatic N) is 1. The highest BCUT2D eigenvalue weighted by Crippen LogP contribution is 2.10. The number of carbonyl (C=O) groups excluding carboxylic acids is 1. The van der Waals surface area contributed by atoms with Gasteiger partial charge in [0.05, 0.1) is 12.5 Å². The Kier molecular flexibility index (Phi) is 5.56. The van der Waals surface area contributed by atoms with Gasteiger partial charge in [-0.2, -0.15) is 0 Å². The third-order valence-electron chi connectivity index (χ3n) is 2.40. The predicted molar refractivity (Wildman–Crippen MR) is 49.6 cm³/mol. The molecule has 2 unspecified atom stereocenters. The number of rotatable bonds is 5. The van der Waals surface area contributed by atoms with Crippen LogP contribution >= 0.6 is 0 Å². The first-order valence-corrected chi connectivity index (χ1v) is 4.39. The van der Waals surface area contributed by atoms with E-state index >= 15 is 0 Å². The molecule has 0 aromatic heterocycles. The topological polar surface area (TPSA) is 58.4 Å². The fourth-order valence-electron chi connectivity index (χ4n) is 1.12. The zero-order valence-electron chi connectivity index (χ0n) is 8.63. The van der Waals surface area contributed by atoms with Crippen molar-refractivity contribution in [2.45, 2.75) is 26.3 Å². The number of nitrogens with two attached hydrogens (primary N) is 1. The largest absolute Gasteiger partial charge is 0.297 e. The van der Waals surface area contributed by atoms with Crippen LogP contribution < -0.4 is 11.3 Å². The number of halogens is 2. The Morgan fingerprint density at radius 3 is 2.36 bits per heavy atom.